The molecule has 1 aromatic heterocycles. The fourth-order valence-corrected chi connectivity index (χ4v) is 0.662. The Balaban J connectivity index is 2.93. The van der Waals surface area contributed by atoms with Crippen molar-refractivity contribution < 1.29 is 9.21 Å². The molecule has 1 aromatic rings. The maximum atomic E-state index is 10.8. The van der Waals surface area contributed by atoms with Gasteiger partial charge < -0.3 is 10.2 Å². The number of hydrogen-bond acceptors (Lipinski definition) is 4. The maximum absolute atomic E-state index is 10.8. The second-order valence-electron chi connectivity index (χ2n) is 1.89. The molecule has 0 saturated carbocycles. The number of rotatable bonds is 2. The highest BCUT2D eigenvalue weighted by Crippen LogP contribution is 2.04. The van der Waals surface area contributed by atoms with Crippen LogP contribution >= 0.6 is 0 Å². The van der Waals surface area contributed by atoms with Gasteiger partial charge in [0.2, 0.25) is 5.78 Å². The van der Waals surface area contributed by atoms with Gasteiger partial charge in [-0.1, -0.05) is 0 Å². The minimum Gasteiger partial charge on any atom is -0.440 e. The summed E-state index contributed by atoms with van der Waals surface area (Å²) in [6.45, 7) is 1.67. The Morgan fingerprint density at radius 3 is 3.00 bits per heavy atom. The van der Waals surface area contributed by atoms with Crippen LogP contribution < -0.4 is 5.73 Å². The van der Waals surface area contributed by atoms with Gasteiger partial charge in [0.05, 0.1) is 12.2 Å². The standard InChI is InChI=1S/C6H8N2O2/c1-4-6(5(9)2-7)10-3-8-4/h3H,2,7H2,1H3. The van der Waals surface area contributed by atoms with Crippen LogP contribution in [0.5, 0.6) is 0 Å². The molecule has 0 aliphatic heterocycles. The smallest absolute Gasteiger partial charge is 0.213 e. The van der Waals surface area contributed by atoms with Gasteiger partial charge >= 0.3 is 0 Å². The number of nitrogens with two attached hydrogens (primary N) is 1. The molecular weight excluding hydrogens is 132 g/mol. The molecule has 1 rings (SSSR count). The fraction of sp³-hybridized carbons (Fsp3) is 0.333. The summed E-state index contributed by atoms with van der Waals surface area (Å²) in [6, 6.07) is 0. The number of ketones is 1. The lowest BCUT2D eigenvalue weighted by Gasteiger charge is -1.89. The summed E-state index contributed by atoms with van der Waals surface area (Å²) < 4.78 is 4.78. The van der Waals surface area contributed by atoms with E-state index in [1.807, 2.05) is 0 Å². The Labute approximate surface area is 58.0 Å². The topological polar surface area (TPSA) is 69.1 Å². The number of nitrogens with zero attached hydrogens (tertiary/aromatic N) is 1. The monoisotopic (exact) mass is 140 g/mol. The van der Waals surface area contributed by atoms with Crippen LogP contribution in [0.3, 0.4) is 0 Å². The molecule has 0 radical (unpaired) electrons. The van der Waals surface area contributed by atoms with Crippen LogP contribution in [-0.4, -0.2) is 17.3 Å². The van der Waals surface area contributed by atoms with Gasteiger partial charge in [0.15, 0.2) is 12.2 Å². The highest BCUT2D eigenvalue weighted by atomic mass is 16.3. The van der Waals surface area contributed by atoms with E-state index < -0.39 is 0 Å². The summed E-state index contributed by atoms with van der Waals surface area (Å²) in [5.74, 6) is 0.0532. The molecule has 0 aliphatic carbocycles. The minimum absolute atomic E-state index is 0.0317. The molecule has 4 heteroatoms. The zero-order chi connectivity index (χ0) is 7.56. The molecule has 0 amide bonds. The predicted molar refractivity (Wildman–Crippen MR) is 34.6 cm³/mol. The van der Waals surface area contributed by atoms with Gasteiger partial charge in [0.1, 0.15) is 0 Å². The lowest BCUT2D eigenvalue weighted by Crippen LogP contribution is -2.13. The van der Waals surface area contributed by atoms with Crippen molar-refractivity contribution in [3.63, 3.8) is 0 Å². The van der Waals surface area contributed by atoms with Gasteiger partial charge in [-0.15, -0.1) is 0 Å². The first kappa shape index (κ1) is 6.95. The first-order valence-electron chi connectivity index (χ1n) is 2.89. The first-order chi connectivity index (χ1) is 4.75. The quantitative estimate of drug-likeness (QED) is 0.592. The van der Waals surface area contributed by atoms with E-state index in [1.165, 1.54) is 6.39 Å². The van der Waals surface area contributed by atoms with E-state index in [4.69, 9.17) is 10.2 Å². The van der Waals surface area contributed by atoms with Crippen LogP contribution in [0.1, 0.15) is 16.2 Å². The van der Waals surface area contributed by atoms with Gasteiger partial charge in [-0.3, -0.25) is 4.79 Å². The lowest BCUT2D eigenvalue weighted by atomic mass is 10.2. The summed E-state index contributed by atoms with van der Waals surface area (Å²) in [7, 11) is 0. The van der Waals surface area contributed by atoms with E-state index in [1.54, 1.807) is 6.92 Å². The van der Waals surface area contributed by atoms with Gasteiger partial charge in [0, 0.05) is 0 Å². The molecule has 0 fully saturated rings. The fourth-order valence-electron chi connectivity index (χ4n) is 0.662. The zero-order valence-electron chi connectivity index (χ0n) is 5.63. The van der Waals surface area contributed by atoms with Crippen molar-refractivity contribution in [3.05, 3.63) is 17.8 Å². The molecule has 0 spiro atoms. The van der Waals surface area contributed by atoms with E-state index in [9.17, 15) is 4.79 Å². The maximum Gasteiger partial charge on any atom is 0.213 e. The molecule has 0 unspecified atom stereocenters. The molecule has 0 atom stereocenters. The third kappa shape index (κ3) is 1.06. The average molecular weight is 140 g/mol. The van der Waals surface area contributed by atoms with E-state index in [0.717, 1.165) is 0 Å². The van der Waals surface area contributed by atoms with Crippen molar-refractivity contribution in [1.82, 2.24) is 4.98 Å². The van der Waals surface area contributed by atoms with E-state index >= 15 is 0 Å². The van der Waals surface area contributed by atoms with Crippen molar-refractivity contribution in [2.75, 3.05) is 6.54 Å². The van der Waals surface area contributed by atoms with E-state index in [0.29, 0.717) is 5.69 Å². The number of carbonyl (C=O) groups is 1. The highest BCUT2D eigenvalue weighted by Gasteiger charge is 2.10. The first-order valence-corrected chi connectivity index (χ1v) is 2.89. The Morgan fingerprint density at radius 2 is 2.60 bits per heavy atom. The predicted octanol–water partition coefficient (Wildman–Crippen LogP) is 0.124. The van der Waals surface area contributed by atoms with Crippen LogP contribution in [-0.2, 0) is 0 Å². The summed E-state index contributed by atoms with van der Waals surface area (Å²) in [5, 5.41) is 0. The van der Waals surface area contributed by atoms with E-state index in [2.05, 4.69) is 4.98 Å². The van der Waals surface area contributed by atoms with Crippen molar-refractivity contribution in [1.29, 1.82) is 0 Å². The highest BCUT2D eigenvalue weighted by molar-refractivity contribution is 5.95. The van der Waals surface area contributed by atoms with Crippen LogP contribution in [0.2, 0.25) is 0 Å². The van der Waals surface area contributed by atoms with Gasteiger partial charge in [-0.25, -0.2) is 4.98 Å². The molecule has 4 nitrogen and oxygen atoms in total. The molecular formula is C6H8N2O2. The summed E-state index contributed by atoms with van der Waals surface area (Å²) in [5.41, 5.74) is 5.69. The van der Waals surface area contributed by atoms with Crippen molar-refractivity contribution in [2.24, 2.45) is 5.73 Å². The lowest BCUT2D eigenvalue weighted by molar-refractivity contribution is 0.0974. The second kappa shape index (κ2) is 2.62. The van der Waals surface area contributed by atoms with Crippen molar-refractivity contribution in [2.45, 2.75) is 6.92 Å². The third-order valence-corrected chi connectivity index (χ3v) is 1.18. The Kier molecular flexibility index (Phi) is 1.82. The van der Waals surface area contributed by atoms with Crippen molar-refractivity contribution in [3.8, 4) is 0 Å². The second-order valence-corrected chi connectivity index (χ2v) is 1.89. The van der Waals surface area contributed by atoms with Gasteiger partial charge in [-0.2, -0.15) is 0 Å². The van der Waals surface area contributed by atoms with Crippen molar-refractivity contribution >= 4 is 5.78 Å². The Bertz CT molecular complexity index is 242. The molecule has 10 heavy (non-hydrogen) atoms. The molecule has 0 aliphatic rings. The number of oxazole rings is 1. The Morgan fingerprint density at radius 1 is 1.90 bits per heavy atom. The number of carbonyl (C=O) groups excluding carboxylic acids is 1. The minimum atomic E-state index is -0.213. The molecule has 0 bridgehead atoms. The zero-order valence-corrected chi connectivity index (χ0v) is 5.63. The van der Waals surface area contributed by atoms with Crippen LogP contribution in [0.4, 0.5) is 0 Å². The molecule has 54 valence electrons. The average Bonchev–Trinajstić information content (AvgIpc) is 2.34. The van der Waals surface area contributed by atoms with E-state index in [-0.39, 0.29) is 18.1 Å². The third-order valence-electron chi connectivity index (χ3n) is 1.18. The van der Waals surface area contributed by atoms with Crippen LogP contribution in [0.15, 0.2) is 10.8 Å². The summed E-state index contributed by atoms with van der Waals surface area (Å²) >= 11 is 0. The Hall–Kier alpha value is -1.16. The number of aromatic nitrogens is 1. The SMILES string of the molecule is Cc1ncoc1C(=O)CN. The molecule has 1 heterocycles. The van der Waals surface area contributed by atoms with Gasteiger partial charge in [-0.05, 0) is 6.92 Å². The van der Waals surface area contributed by atoms with Crippen LogP contribution in [0, 0.1) is 6.92 Å². The molecule has 0 saturated heterocycles. The number of hydrogen-bond donors (Lipinski definition) is 1. The molecule has 0 aromatic carbocycles. The summed E-state index contributed by atoms with van der Waals surface area (Å²) in [4.78, 5) is 14.6. The normalized spacial score (nSPS) is 9.80. The van der Waals surface area contributed by atoms with Crippen LogP contribution in [0.25, 0.3) is 0 Å². The van der Waals surface area contributed by atoms with Gasteiger partial charge in [0.25, 0.3) is 0 Å². The number of aryl methyl sites for hydroxylation is 1. The number of Topliss-reactive ketones (excluding diaryl/α,β-unsaturated/α-hetero) is 1. The largest absolute Gasteiger partial charge is 0.440 e. The summed E-state index contributed by atoms with van der Waals surface area (Å²) in [6.07, 6.45) is 1.23. The molecule has 2 N–H and O–H groups in total.